The zero-order valence-electron chi connectivity index (χ0n) is 15.5. The highest BCUT2D eigenvalue weighted by Crippen LogP contribution is 2.29. The molecule has 0 saturated carbocycles. The molecule has 0 saturated heterocycles. The number of fused-ring (bicyclic) bond motifs is 1. The molecule has 0 aliphatic rings. The van der Waals surface area contributed by atoms with Crippen molar-refractivity contribution >= 4 is 22.8 Å². The summed E-state index contributed by atoms with van der Waals surface area (Å²) in [5.74, 6) is 7.38. The minimum atomic E-state index is -0.0702. The van der Waals surface area contributed by atoms with Crippen LogP contribution < -0.4 is 5.32 Å². The fourth-order valence-electron chi connectivity index (χ4n) is 2.71. The number of benzene rings is 1. The van der Waals surface area contributed by atoms with Crippen LogP contribution in [0.5, 0.6) is 0 Å². The van der Waals surface area contributed by atoms with Crippen LogP contribution in [0, 0.1) is 11.8 Å². The molecule has 0 bridgehead atoms. The van der Waals surface area contributed by atoms with Crippen molar-refractivity contribution in [2.75, 3.05) is 5.32 Å². The minimum absolute atomic E-state index is 0.0702. The summed E-state index contributed by atoms with van der Waals surface area (Å²) in [5, 5.41) is 7.89. The molecule has 0 aliphatic carbocycles. The maximum absolute atomic E-state index is 4.75. The third kappa shape index (κ3) is 4.02. The second kappa shape index (κ2) is 6.90. The topological polar surface area (TPSA) is 42.2 Å². The van der Waals surface area contributed by atoms with Crippen molar-refractivity contribution in [3.05, 3.63) is 71.2 Å². The Morgan fingerprint density at radius 2 is 1.81 bits per heavy atom. The van der Waals surface area contributed by atoms with E-state index in [-0.39, 0.29) is 5.54 Å². The second-order valence-corrected chi connectivity index (χ2v) is 8.37. The van der Waals surface area contributed by atoms with Crippen LogP contribution in [0.4, 0.5) is 5.82 Å². The van der Waals surface area contributed by atoms with Crippen molar-refractivity contribution in [2.24, 2.45) is 0 Å². The van der Waals surface area contributed by atoms with Crippen molar-refractivity contribution in [1.82, 2.24) is 14.6 Å². The molecule has 1 aromatic carbocycles. The fraction of sp³-hybridized carbons (Fsp3) is 0.182. The van der Waals surface area contributed by atoms with E-state index in [2.05, 4.69) is 55.2 Å². The predicted molar refractivity (Wildman–Crippen MR) is 112 cm³/mol. The van der Waals surface area contributed by atoms with E-state index in [1.54, 1.807) is 17.5 Å². The van der Waals surface area contributed by atoms with Gasteiger partial charge in [0.15, 0.2) is 5.65 Å². The Labute approximate surface area is 162 Å². The van der Waals surface area contributed by atoms with Gasteiger partial charge in [-0.2, -0.15) is 9.61 Å². The lowest BCUT2D eigenvalue weighted by atomic mass is 10.1. The first-order chi connectivity index (χ1) is 13.0. The van der Waals surface area contributed by atoms with Gasteiger partial charge in [0.25, 0.3) is 0 Å². The summed E-state index contributed by atoms with van der Waals surface area (Å²) in [6.45, 7) is 6.39. The number of nitrogens with zero attached hydrogens (tertiary/aromatic N) is 3. The Bertz CT molecular complexity index is 1140. The van der Waals surface area contributed by atoms with Gasteiger partial charge in [-0.05, 0) is 45.0 Å². The van der Waals surface area contributed by atoms with Crippen LogP contribution in [0.1, 0.15) is 31.2 Å². The quantitative estimate of drug-likeness (QED) is 0.500. The Morgan fingerprint density at radius 1 is 1.00 bits per heavy atom. The number of nitrogens with one attached hydrogen (secondary N) is 1. The van der Waals surface area contributed by atoms with Crippen LogP contribution in [0.25, 0.3) is 16.2 Å². The molecule has 0 radical (unpaired) electrons. The smallest absolute Gasteiger partial charge is 0.158 e. The van der Waals surface area contributed by atoms with Crippen LogP contribution in [0.3, 0.4) is 0 Å². The first kappa shape index (κ1) is 17.3. The van der Waals surface area contributed by atoms with Gasteiger partial charge < -0.3 is 5.32 Å². The van der Waals surface area contributed by atoms with Gasteiger partial charge in [-0.15, -0.1) is 11.3 Å². The Hall–Kier alpha value is -3.10. The molecular weight excluding hydrogens is 352 g/mol. The molecule has 134 valence electrons. The predicted octanol–water partition coefficient (Wildman–Crippen LogP) is 5.07. The summed E-state index contributed by atoms with van der Waals surface area (Å²) in [7, 11) is 0. The molecular formula is C22H20N4S. The van der Waals surface area contributed by atoms with E-state index in [1.165, 1.54) is 0 Å². The minimum Gasteiger partial charge on any atom is -0.365 e. The van der Waals surface area contributed by atoms with E-state index in [0.29, 0.717) is 0 Å². The van der Waals surface area contributed by atoms with Crippen molar-refractivity contribution in [2.45, 2.75) is 26.3 Å². The van der Waals surface area contributed by atoms with Crippen LogP contribution in [0.2, 0.25) is 0 Å². The van der Waals surface area contributed by atoms with E-state index in [9.17, 15) is 0 Å². The van der Waals surface area contributed by atoms with E-state index in [0.717, 1.165) is 32.5 Å². The highest BCUT2D eigenvalue weighted by atomic mass is 32.1. The molecule has 27 heavy (non-hydrogen) atoms. The third-order valence-corrected chi connectivity index (χ3v) is 4.85. The molecule has 5 heteroatoms. The molecule has 4 rings (SSSR count). The monoisotopic (exact) mass is 372 g/mol. The zero-order chi connectivity index (χ0) is 18.9. The lowest BCUT2D eigenvalue weighted by Crippen LogP contribution is -2.27. The molecule has 0 amide bonds. The van der Waals surface area contributed by atoms with Gasteiger partial charge in [-0.25, -0.2) is 4.98 Å². The van der Waals surface area contributed by atoms with Crippen molar-refractivity contribution in [1.29, 1.82) is 0 Å². The SMILES string of the molecule is CC(C)(C)Nc1cc(-c2ccc(C#Cc3ccccc3)s2)nc2ccnn12. The van der Waals surface area contributed by atoms with E-state index < -0.39 is 0 Å². The van der Waals surface area contributed by atoms with Gasteiger partial charge in [-0.1, -0.05) is 30.0 Å². The molecule has 0 unspecified atom stereocenters. The highest BCUT2D eigenvalue weighted by molar-refractivity contribution is 7.16. The lowest BCUT2D eigenvalue weighted by Gasteiger charge is -2.22. The summed E-state index contributed by atoms with van der Waals surface area (Å²) >= 11 is 1.65. The maximum Gasteiger partial charge on any atom is 0.158 e. The number of rotatable bonds is 2. The third-order valence-electron chi connectivity index (χ3n) is 3.82. The number of aromatic nitrogens is 3. The van der Waals surface area contributed by atoms with Crippen molar-refractivity contribution in [3.63, 3.8) is 0 Å². The summed E-state index contributed by atoms with van der Waals surface area (Å²) in [4.78, 5) is 6.86. The van der Waals surface area contributed by atoms with Crippen LogP contribution in [-0.2, 0) is 0 Å². The molecule has 0 atom stereocenters. The highest BCUT2D eigenvalue weighted by Gasteiger charge is 2.15. The molecule has 3 aromatic heterocycles. The number of hydrogen-bond donors (Lipinski definition) is 1. The van der Waals surface area contributed by atoms with Crippen LogP contribution in [0.15, 0.2) is 60.8 Å². The summed E-state index contributed by atoms with van der Waals surface area (Å²) in [6, 6.07) is 18.1. The first-order valence-electron chi connectivity index (χ1n) is 8.78. The van der Waals surface area contributed by atoms with Gasteiger partial charge in [0.05, 0.1) is 21.6 Å². The molecule has 0 spiro atoms. The molecule has 4 nitrogen and oxygen atoms in total. The average Bonchev–Trinajstić information content (AvgIpc) is 3.29. The van der Waals surface area contributed by atoms with Crippen LogP contribution >= 0.6 is 11.3 Å². The van der Waals surface area contributed by atoms with Gasteiger partial charge in [0.2, 0.25) is 0 Å². The molecule has 0 aliphatic heterocycles. The Balaban J connectivity index is 1.69. The van der Waals surface area contributed by atoms with Gasteiger partial charge in [-0.3, -0.25) is 0 Å². The maximum atomic E-state index is 4.75. The van der Waals surface area contributed by atoms with Crippen molar-refractivity contribution in [3.8, 4) is 22.4 Å². The number of thiophene rings is 1. The average molecular weight is 372 g/mol. The van der Waals surface area contributed by atoms with E-state index in [4.69, 9.17) is 4.98 Å². The number of anilines is 1. The lowest BCUT2D eigenvalue weighted by molar-refractivity contribution is 0.625. The standard InChI is InChI=1S/C22H20N4S/c1-22(2,3)25-21-15-18(24-20-13-14-23-26(20)21)19-12-11-17(27-19)10-9-16-7-5-4-6-8-16/h4-8,11-15,25H,1-3H3. The molecule has 4 aromatic rings. The van der Waals surface area contributed by atoms with Gasteiger partial charge in [0.1, 0.15) is 5.82 Å². The first-order valence-corrected chi connectivity index (χ1v) is 9.60. The molecule has 1 N–H and O–H groups in total. The summed E-state index contributed by atoms with van der Waals surface area (Å²) in [6.07, 6.45) is 1.77. The molecule has 3 heterocycles. The summed E-state index contributed by atoms with van der Waals surface area (Å²) < 4.78 is 1.83. The zero-order valence-corrected chi connectivity index (χ0v) is 16.3. The normalized spacial score (nSPS) is 11.2. The summed E-state index contributed by atoms with van der Waals surface area (Å²) in [5.41, 5.74) is 2.69. The number of hydrogen-bond acceptors (Lipinski definition) is 4. The van der Waals surface area contributed by atoms with E-state index in [1.807, 2.05) is 47.0 Å². The van der Waals surface area contributed by atoms with Gasteiger partial charge in [0, 0.05) is 23.2 Å². The fourth-order valence-corrected chi connectivity index (χ4v) is 3.53. The van der Waals surface area contributed by atoms with E-state index >= 15 is 0 Å². The molecule has 0 fully saturated rings. The van der Waals surface area contributed by atoms with Crippen LogP contribution in [-0.4, -0.2) is 20.1 Å². The largest absolute Gasteiger partial charge is 0.365 e. The van der Waals surface area contributed by atoms with Gasteiger partial charge >= 0.3 is 0 Å². The Kier molecular flexibility index (Phi) is 4.43. The second-order valence-electron chi connectivity index (χ2n) is 7.28. The van der Waals surface area contributed by atoms with Crippen molar-refractivity contribution < 1.29 is 0 Å². The Morgan fingerprint density at radius 3 is 2.59 bits per heavy atom.